The molecule has 0 spiro atoms. The highest BCUT2D eigenvalue weighted by molar-refractivity contribution is 7.17. The number of hydrogen-bond donors (Lipinski definition) is 0. The summed E-state index contributed by atoms with van der Waals surface area (Å²) in [6, 6.07) is 7.18. The molecule has 0 aliphatic heterocycles. The van der Waals surface area contributed by atoms with Crippen molar-refractivity contribution in [2.45, 2.75) is 33.3 Å². The summed E-state index contributed by atoms with van der Waals surface area (Å²) in [5, 5.41) is 1.32. The Bertz CT molecular complexity index is 747. The Hall–Kier alpha value is -1.92. The van der Waals surface area contributed by atoms with Gasteiger partial charge in [-0.2, -0.15) is 0 Å². The van der Waals surface area contributed by atoms with Crippen LogP contribution in [0.5, 0.6) is 0 Å². The van der Waals surface area contributed by atoms with Crippen molar-refractivity contribution in [2.24, 2.45) is 0 Å². The number of thiazole rings is 1. The average Bonchev–Trinajstić information content (AvgIpc) is 2.86. The monoisotopic (exact) mass is 367 g/mol. The molecule has 24 heavy (non-hydrogen) atoms. The average molecular weight is 368 g/mol. The summed E-state index contributed by atoms with van der Waals surface area (Å²) in [5.41, 5.74) is 0.795. The number of carbonyl (C=O) groups is 2. The van der Waals surface area contributed by atoms with Crippen LogP contribution in [0, 0.1) is 6.92 Å². The van der Waals surface area contributed by atoms with Crippen LogP contribution in [0.4, 0.5) is 0 Å². The van der Waals surface area contributed by atoms with Crippen LogP contribution in [0.3, 0.4) is 0 Å². The van der Waals surface area contributed by atoms with Gasteiger partial charge in [0.1, 0.15) is 15.5 Å². The Kier molecular flexibility index (Phi) is 5.62. The van der Waals surface area contributed by atoms with Crippen molar-refractivity contribution in [3.63, 3.8) is 0 Å². The van der Waals surface area contributed by atoms with Gasteiger partial charge in [-0.25, -0.2) is 14.6 Å². The molecule has 0 fully saturated rings. The van der Waals surface area contributed by atoms with E-state index >= 15 is 0 Å². The molecular weight excluding hydrogens is 350 g/mol. The zero-order chi connectivity index (χ0) is 17.9. The predicted octanol–water partition coefficient (Wildman–Crippen LogP) is 4.27. The van der Waals surface area contributed by atoms with Crippen LogP contribution in [0.25, 0.3) is 10.6 Å². The third-order valence-corrected chi connectivity index (χ3v) is 4.25. The van der Waals surface area contributed by atoms with Crippen LogP contribution in [0.15, 0.2) is 24.3 Å². The van der Waals surface area contributed by atoms with Gasteiger partial charge >= 0.3 is 11.9 Å². The summed E-state index contributed by atoms with van der Waals surface area (Å²) >= 11 is 7.08. The van der Waals surface area contributed by atoms with E-state index in [1.807, 2.05) is 12.1 Å². The van der Waals surface area contributed by atoms with Gasteiger partial charge in [0, 0.05) is 10.6 Å². The van der Waals surface area contributed by atoms with E-state index in [1.54, 1.807) is 39.8 Å². The number of ether oxygens (including phenoxy) is 2. The molecule has 0 radical (unpaired) electrons. The van der Waals surface area contributed by atoms with Crippen molar-refractivity contribution in [1.29, 1.82) is 0 Å². The Labute approximate surface area is 149 Å². The molecule has 7 heteroatoms. The van der Waals surface area contributed by atoms with E-state index in [4.69, 9.17) is 21.1 Å². The maximum Gasteiger partial charge on any atom is 0.350 e. The minimum atomic E-state index is -0.619. The van der Waals surface area contributed by atoms with Crippen molar-refractivity contribution >= 4 is 34.9 Å². The molecule has 0 aliphatic carbocycles. The van der Waals surface area contributed by atoms with E-state index in [1.165, 1.54) is 11.3 Å². The fraction of sp³-hybridized carbons (Fsp3) is 0.353. The fourth-order valence-corrected chi connectivity index (χ4v) is 2.95. The highest BCUT2D eigenvalue weighted by Gasteiger charge is 2.21. The second kappa shape index (κ2) is 7.32. The third kappa shape index (κ3) is 5.04. The second-order valence-corrected chi connectivity index (χ2v) is 7.54. The van der Waals surface area contributed by atoms with Gasteiger partial charge in [0.15, 0.2) is 6.61 Å². The molecule has 0 N–H and O–H groups in total. The van der Waals surface area contributed by atoms with Crippen LogP contribution in [0.1, 0.15) is 36.1 Å². The predicted molar refractivity (Wildman–Crippen MR) is 93.4 cm³/mol. The van der Waals surface area contributed by atoms with Crippen molar-refractivity contribution in [2.75, 3.05) is 6.61 Å². The summed E-state index contributed by atoms with van der Waals surface area (Å²) in [4.78, 5) is 28.5. The number of aryl methyl sites for hydroxylation is 1. The van der Waals surface area contributed by atoms with Crippen LogP contribution in [-0.4, -0.2) is 29.1 Å². The Balaban J connectivity index is 2.05. The largest absolute Gasteiger partial charge is 0.457 e. The quantitative estimate of drug-likeness (QED) is 0.755. The Morgan fingerprint density at radius 1 is 1.21 bits per heavy atom. The van der Waals surface area contributed by atoms with Gasteiger partial charge in [-0.1, -0.05) is 23.7 Å². The van der Waals surface area contributed by atoms with E-state index < -0.39 is 24.1 Å². The minimum Gasteiger partial charge on any atom is -0.457 e. The van der Waals surface area contributed by atoms with Gasteiger partial charge < -0.3 is 9.47 Å². The molecule has 1 aromatic heterocycles. The lowest BCUT2D eigenvalue weighted by Crippen LogP contribution is -2.27. The number of esters is 2. The maximum atomic E-state index is 12.2. The van der Waals surface area contributed by atoms with Crippen molar-refractivity contribution in [3.05, 3.63) is 39.9 Å². The first-order valence-corrected chi connectivity index (χ1v) is 8.47. The number of aromatic nitrogens is 1. The maximum absolute atomic E-state index is 12.2. The molecule has 0 bridgehead atoms. The summed E-state index contributed by atoms with van der Waals surface area (Å²) < 4.78 is 10.1. The molecule has 1 heterocycles. The first-order valence-electron chi connectivity index (χ1n) is 7.28. The zero-order valence-corrected chi connectivity index (χ0v) is 15.5. The minimum absolute atomic E-state index is 0.364. The van der Waals surface area contributed by atoms with Gasteiger partial charge in [-0.05, 0) is 39.8 Å². The van der Waals surface area contributed by atoms with E-state index in [-0.39, 0.29) is 0 Å². The molecule has 0 unspecified atom stereocenters. The summed E-state index contributed by atoms with van der Waals surface area (Å²) in [7, 11) is 0. The van der Waals surface area contributed by atoms with Crippen LogP contribution >= 0.6 is 22.9 Å². The van der Waals surface area contributed by atoms with Crippen LogP contribution in [-0.2, 0) is 14.3 Å². The highest BCUT2D eigenvalue weighted by atomic mass is 35.5. The van der Waals surface area contributed by atoms with Crippen molar-refractivity contribution in [3.8, 4) is 10.6 Å². The smallest absolute Gasteiger partial charge is 0.350 e. The van der Waals surface area contributed by atoms with Crippen LogP contribution < -0.4 is 0 Å². The van der Waals surface area contributed by atoms with Gasteiger partial charge in [0.25, 0.3) is 0 Å². The number of rotatable bonds is 4. The molecule has 0 atom stereocenters. The highest BCUT2D eigenvalue weighted by Crippen LogP contribution is 2.29. The summed E-state index contributed by atoms with van der Waals surface area (Å²) in [6.45, 7) is 6.54. The summed E-state index contributed by atoms with van der Waals surface area (Å²) in [5.74, 6) is -1.17. The van der Waals surface area contributed by atoms with Crippen molar-refractivity contribution < 1.29 is 19.1 Å². The van der Waals surface area contributed by atoms with E-state index in [0.29, 0.717) is 20.6 Å². The van der Waals surface area contributed by atoms with Gasteiger partial charge in [-0.15, -0.1) is 11.3 Å². The SMILES string of the molecule is Cc1nc(-c2ccc(Cl)cc2)sc1C(=O)OCC(=O)OC(C)(C)C. The number of halogens is 1. The lowest BCUT2D eigenvalue weighted by molar-refractivity contribution is -0.158. The summed E-state index contributed by atoms with van der Waals surface area (Å²) in [6.07, 6.45) is 0. The van der Waals surface area contributed by atoms with E-state index in [0.717, 1.165) is 5.56 Å². The molecule has 2 aromatic rings. The van der Waals surface area contributed by atoms with E-state index in [9.17, 15) is 9.59 Å². The Morgan fingerprint density at radius 3 is 2.42 bits per heavy atom. The molecule has 2 rings (SSSR count). The number of hydrogen-bond acceptors (Lipinski definition) is 6. The topological polar surface area (TPSA) is 65.5 Å². The van der Waals surface area contributed by atoms with Gasteiger partial charge in [0.05, 0.1) is 5.69 Å². The first-order chi connectivity index (χ1) is 11.2. The lowest BCUT2D eigenvalue weighted by Gasteiger charge is -2.19. The molecular formula is C17H18ClNO4S. The second-order valence-electron chi connectivity index (χ2n) is 6.10. The number of nitrogens with zero attached hydrogens (tertiary/aromatic N) is 1. The molecule has 0 aliphatic rings. The van der Waals surface area contributed by atoms with Crippen molar-refractivity contribution in [1.82, 2.24) is 4.98 Å². The zero-order valence-electron chi connectivity index (χ0n) is 13.9. The van der Waals surface area contributed by atoms with Gasteiger partial charge in [0.2, 0.25) is 0 Å². The number of benzene rings is 1. The Morgan fingerprint density at radius 2 is 1.83 bits per heavy atom. The number of carbonyl (C=O) groups excluding carboxylic acids is 2. The van der Waals surface area contributed by atoms with E-state index in [2.05, 4.69) is 4.98 Å². The molecule has 0 saturated heterocycles. The third-order valence-electron chi connectivity index (χ3n) is 2.81. The first kappa shape index (κ1) is 18.4. The lowest BCUT2D eigenvalue weighted by atomic mass is 10.2. The standard InChI is InChI=1S/C17H18ClNO4S/c1-10-14(16(21)22-9-13(20)23-17(2,3)4)24-15(19-10)11-5-7-12(18)8-6-11/h5-8H,9H2,1-4H3. The molecule has 0 amide bonds. The fourth-order valence-electron chi connectivity index (χ4n) is 1.86. The molecule has 0 saturated carbocycles. The normalized spacial score (nSPS) is 11.2. The van der Waals surface area contributed by atoms with Crippen LogP contribution in [0.2, 0.25) is 5.02 Å². The molecule has 128 valence electrons. The molecule has 1 aromatic carbocycles. The molecule has 5 nitrogen and oxygen atoms in total. The van der Waals surface area contributed by atoms with Gasteiger partial charge in [-0.3, -0.25) is 0 Å².